The highest BCUT2D eigenvalue weighted by atomic mass is 16.5. The van der Waals surface area contributed by atoms with Crippen molar-refractivity contribution in [3.63, 3.8) is 0 Å². The van der Waals surface area contributed by atoms with Crippen LogP contribution in [0.25, 0.3) is 27.6 Å². The topological polar surface area (TPSA) is 96.2 Å². The fourth-order valence-corrected chi connectivity index (χ4v) is 3.25. The van der Waals surface area contributed by atoms with Crippen LogP contribution in [0.15, 0.2) is 36.4 Å². The van der Waals surface area contributed by atoms with Crippen LogP contribution in [0, 0.1) is 0 Å². The van der Waals surface area contributed by atoms with Crippen molar-refractivity contribution in [1.82, 2.24) is 0 Å². The van der Waals surface area contributed by atoms with E-state index in [1.54, 1.807) is 12.1 Å². The van der Waals surface area contributed by atoms with Crippen LogP contribution in [0.1, 0.15) is 16.7 Å². The Morgan fingerprint density at radius 1 is 0.889 bits per heavy atom. The first kappa shape index (κ1) is 18.7. The highest BCUT2D eigenvalue weighted by molar-refractivity contribution is 6.12. The SMILES string of the molecule is COc1cc2cc(C=CC(=O)O)c3cc(OC)c(CO)cc3c2cc1CO. The van der Waals surface area contributed by atoms with Crippen molar-refractivity contribution in [2.75, 3.05) is 14.2 Å². The molecule has 27 heavy (non-hydrogen) atoms. The van der Waals surface area contributed by atoms with Gasteiger partial charge in [0.2, 0.25) is 0 Å². The van der Waals surface area contributed by atoms with Gasteiger partial charge in [0.15, 0.2) is 0 Å². The molecule has 0 aliphatic heterocycles. The van der Waals surface area contributed by atoms with Crippen LogP contribution < -0.4 is 9.47 Å². The monoisotopic (exact) mass is 368 g/mol. The average molecular weight is 368 g/mol. The summed E-state index contributed by atoms with van der Waals surface area (Å²) in [4.78, 5) is 11.0. The van der Waals surface area contributed by atoms with E-state index in [9.17, 15) is 15.0 Å². The van der Waals surface area contributed by atoms with Crippen LogP contribution in [0.4, 0.5) is 0 Å². The van der Waals surface area contributed by atoms with Gasteiger partial charge in [-0.25, -0.2) is 4.79 Å². The van der Waals surface area contributed by atoms with Crippen molar-refractivity contribution >= 4 is 33.6 Å². The van der Waals surface area contributed by atoms with Gasteiger partial charge in [-0.1, -0.05) is 0 Å². The van der Waals surface area contributed by atoms with Crippen LogP contribution in [-0.4, -0.2) is 35.5 Å². The summed E-state index contributed by atoms with van der Waals surface area (Å²) >= 11 is 0. The van der Waals surface area contributed by atoms with E-state index in [4.69, 9.17) is 14.6 Å². The minimum absolute atomic E-state index is 0.176. The van der Waals surface area contributed by atoms with Crippen molar-refractivity contribution < 1.29 is 29.6 Å². The van der Waals surface area contributed by atoms with Crippen molar-refractivity contribution in [2.24, 2.45) is 0 Å². The van der Waals surface area contributed by atoms with Crippen molar-refractivity contribution in [1.29, 1.82) is 0 Å². The Hall–Kier alpha value is -3.09. The summed E-state index contributed by atoms with van der Waals surface area (Å²) in [5.41, 5.74) is 1.95. The Balaban J connectivity index is 2.46. The summed E-state index contributed by atoms with van der Waals surface area (Å²) in [7, 11) is 3.05. The zero-order valence-electron chi connectivity index (χ0n) is 15.0. The maximum Gasteiger partial charge on any atom is 0.328 e. The number of hydrogen-bond donors (Lipinski definition) is 3. The van der Waals surface area contributed by atoms with Gasteiger partial charge in [0.1, 0.15) is 11.5 Å². The third-order valence-electron chi connectivity index (χ3n) is 4.53. The molecule has 6 nitrogen and oxygen atoms in total. The van der Waals surface area contributed by atoms with Crippen LogP contribution >= 0.6 is 0 Å². The smallest absolute Gasteiger partial charge is 0.328 e. The third-order valence-corrected chi connectivity index (χ3v) is 4.53. The van der Waals surface area contributed by atoms with Crippen molar-refractivity contribution in [3.8, 4) is 11.5 Å². The standard InChI is InChI=1S/C21H20O6/c1-26-19-8-13-5-12(3-4-21(24)25)17-9-20(27-2)15(11-23)7-18(17)16(13)6-14(19)10-22/h3-9,22-23H,10-11H2,1-2H3,(H,24,25). The first-order chi connectivity index (χ1) is 13.0. The summed E-state index contributed by atoms with van der Waals surface area (Å²) in [5.74, 6) is 0.0222. The maximum absolute atomic E-state index is 11.0. The summed E-state index contributed by atoms with van der Waals surface area (Å²) < 4.78 is 10.7. The van der Waals surface area contributed by atoms with E-state index in [2.05, 4.69) is 0 Å². The van der Waals surface area contributed by atoms with Crippen molar-refractivity contribution in [2.45, 2.75) is 13.2 Å². The number of aliphatic hydroxyl groups excluding tert-OH is 2. The Kier molecular flexibility index (Phi) is 5.30. The van der Waals surface area contributed by atoms with Gasteiger partial charge in [-0.15, -0.1) is 0 Å². The second-order valence-electron chi connectivity index (χ2n) is 6.05. The Labute approximate surface area is 155 Å². The minimum atomic E-state index is -1.05. The molecular weight excluding hydrogens is 348 g/mol. The predicted molar refractivity (Wildman–Crippen MR) is 103 cm³/mol. The van der Waals surface area contributed by atoms with E-state index < -0.39 is 5.97 Å². The van der Waals surface area contributed by atoms with Gasteiger partial charge in [-0.3, -0.25) is 0 Å². The molecule has 0 fully saturated rings. The molecule has 0 aromatic heterocycles. The molecule has 0 radical (unpaired) electrons. The lowest BCUT2D eigenvalue weighted by Gasteiger charge is -2.15. The second-order valence-corrected chi connectivity index (χ2v) is 6.05. The number of carboxylic acid groups (broad SMARTS) is 1. The summed E-state index contributed by atoms with van der Waals surface area (Å²) in [5, 5.41) is 31.6. The number of aliphatic hydroxyl groups is 2. The number of fused-ring (bicyclic) bond motifs is 3. The quantitative estimate of drug-likeness (QED) is 0.457. The van der Waals surface area contributed by atoms with Crippen molar-refractivity contribution in [3.05, 3.63) is 53.1 Å². The van der Waals surface area contributed by atoms with Crippen LogP contribution in [0.5, 0.6) is 11.5 Å². The number of aliphatic carboxylic acids is 1. The number of benzene rings is 3. The largest absolute Gasteiger partial charge is 0.496 e. The molecule has 0 saturated carbocycles. The lowest BCUT2D eigenvalue weighted by atomic mass is 9.93. The molecule has 0 spiro atoms. The van der Waals surface area contributed by atoms with Crippen LogP contribution in [0.2, 0.25) is 0 Å². The van der Waals surface area contributed by atoms with Gasteiger partial charge in [-0.2, -0.15) is 0 Å². The molecule has 0 amide bonds. The summed E-state index contributed by atoms with van der Waals surface area (Å²) in [6.07, 6.45) is 2.60. The lowest BCUT2D eigenvalue weighted by molar-refractivity contribution is -0.131. The van der Waals surface area contributed by atoms with Gasteiger partial charge in [-0.05, 0) is 63.5 Å². The Bertz CT molecular complexity index is 1050. The van der Waals surface area contributed by atoms with E-state index in [0.717, 1.165) is 27.6 Å². The molecule has 0 aliphatic carbocycles. The van der Waals surface area contributed by atoms with Gasteiger partial charge >= 0.3 is 5.97 Å². The number of rotatable bonds is 6. The molecule has 0 saturated heterocycles. The molecule has 3 aromatic rings. The molecule has 6 heteroatoms. The molecule has 3 rings (SSSR count). The number of carbonyl (C=O) groups is 1. The van der Waals surface area contributed by atoms with E-state index in [1.165, 1.54) is 20.3 Å². The fourth-order valence-electron chi connectivity index (χ4n) is 3.25. The summed E-state index contributed by atoms with van der Waals surface area (Å²) in [6, 6.07) is 9.11. The average Bonchev–Trinajstić information content (AvgIpc) is 2.69. The molecule has 0 aliphatic rings. The Morgan fingerprint density at radius 2 is 1.48 bits per heavy atom. The van der Waals surface area contributed by atoms with Crippen LogP contribution in [-0.2, 0) is 18.0 Å². The second kappa shape index (κ2) is 7.65. The lowest BCUT2D eigenvalue weighted by Crippen LogP contribution is -1.96. The molecular formula is C21H20O6. The number of methoxy groups -OCH3 is 2. The highest BCUT2D eigenvalue weighted by Gasteiger charge is 2.13. The Morgan fingerprint density at radius 3 is 2.04 bits per heavy atom. The highest BCUT2D eigenvalue weighted by Crippen LogP contribution is 2.37. The van der Waals surface area contributed by atoms with E-state index >= 15 is 0 Å². The molecule has 0 heterocycles. The van der Waals surface area contributed by atoms with Crippen LogP contribution in [0.3, 0.4) is 0 Å². The first-order valence-corrected chi connectivity index (χ1v) is 8.29. The summed E-state index contributed by atoms with van der Waals surface area (Å²) in [6.45, 7) is -0.372. The third kappa shape index (κ3) is 3.45. The van der Waals surface area contributed by atoms with E-state index in [-0.39, 0.29) is 13.2 Å². The number of hydrogen-bond acceptors (Lipinski definition) is 5. The minimum Gasteiger partial charge on any atom is -0.496 e. The number of carboxylic acids is 1. The van der Waals surface area contributed by atoms with E-state index in [1.807, 2.05) is 18.2 Å². The predicted octanol–water partition coefficient (Wildman–Crippen LogP) is 3.09. The first-order valence-electron chi connectivity index (χ1n) is 8.29. The van der Waals surface area contributed by atoms with Gasteiger partial charge < -0.3 is 24.8 Å². The molecule has 0 bridgehead atoms. The molecule has 3 N–H and O–H groups in total. The van der Waals surface area contributed by atoms with E-state index in [0.29, 0.717) is 28.2 Å². The molecule has 0 atom stereocenters. The van der Waals surface area contributed by atoms with Gasteiger partial charge in [0.05, 0.1) is 27.4 Å². The molecule has 3 aromatic carbocycles. The maximum atomic E-state index is 11.0. The van der Waals surface area contributed by atoms with Gasteiger partial charge in [0, 0.05) is 17.2 Å². The molecule has 140 valence electrons. The molecule has 0 unspecified atom stereocenters. The fraction of sp³-hybridized carbons (Fsp3) is 0.190. The normalized spacial score (nSPS) is 11.4. The van der Waals surface area contributed by atoms with Gasteiger partial charge in [0.25, 0.3) is 0 Å². The zero-order valence-corrected chi connectivity index (χ0v) is 15.0. The number of ether oxygens (including phenoxy) is 2. The zero-order chi connectivity index (χ0) is 19.6.